The van der Waals surface area contributed by atoms with Crippen molar-refractivity contribution in [1.29, 1.82) is 0 Å². The fourth-order valence-corrected chi connectivity index (χ4v) is 19.7. The molecule has 4 aliphatic rings. The van der Waals surface area contributed by atoms with E-state index in [1.54, 1.807) is 0 Å². The monoisotopic (exact) mass is 1340 g/mol. The molecule has 0 saturated heterocycles. The molecule has 0 atom stereocenters. The van der Waals surface area contributed by atoms with Gasteiger partial charge in [0, 0.05) is 0 Å². The van der Waals surface area contributed by atoms with Crippen LogP contribution in [0.25, 0.3) is 21.5 Å². The van der Waals surface area contributed by atoms with E-state index in [-0.39, 0.29) is 0 Å². The first-order chi connectivity index (χ1) is 44.6. The van der Waals surface area contributed by atoms with Crippen LogP contribution in [0.15, 0.2) is 78.5 Å². The molecule has 0 N–H and O–H groups in total. The van der Waals surface area contributed by atoms with Crippen molar-refractivity contribution < 1.29 is 37.9 Å². The summed E-state index contributed by atoms with van der Waals surface area (Å²) < 4.78 is 56.6. The number of unbranched alkanes of at least 4 members (excludes halogenated alkanes) is 20. The Bertz CT molecular complexity index is 3760. The molecular weight excluding hydrogens is 1250 g/mol. The van der Waals surface area contributed by atoms with E-state index in [0.29, 0.717) is 189 Å². The molecule has 19 heteroatoms. The normalized spacial score (nSPS) is 14.0. The van der Waals surface area contributed by atoms with Gasteiger partial charge in [-0.05, 0) is 0 Å². The number of aliphatic imine (C=N–C) groups is 4. The predicted molar refractivity (Wildman–Crippen MR) is 373 cm³/mol. The number of aromatic nitrogens is 2. The molecule has 4 aliphatic heterocycles. The SMILES string of the molecule is CCCCCCCCOc1cc2c(cc1OCC)C1=NC2=Nc2c3cc(OCC)c(OCCCCCCCC)cc3c3[n]2[Ge]([Cl])([Cl])[n]2c(c4cc(OCC)c(OCCCCCCCC)cc4c2=NC2=NC(=N3)c3cc(OCCCCCCCC)c(OCC)cc32)=N1. The van der Waals surface area contributed by atoms with Crippen molar-refractivity contribution in [1.82, 2.24) is 7.05 Å². The van der Waals surface area contributed by atoms with Gasteiger partial charge in [-0.15, -0.1) is 0 Å². The molecular formula is C72H96Cl2GeN8O8. The van der Waals surface area contributed by atoms with E-state index in [4.69, 9.17) is 87.9 Å². The van der Waals surface area contributed by atoms with E-state index in [0.717, 1.165) is 77.0 Å². The molecule has 10 rings (SSSR count). The Morgan fingerprint density at radius 1 is 0.286 bits per heavy atom. The second kappa shape index (κ2) is 33.0. The molecule has 0 saturated carbocycles. The topological polar surface area (TPSA) is 158 Å². The van der Waals surface area contributed by atoms with Crippen molar-refractivity contribution in [2.45, 2.75) is 209 Å². The van der Waals surface area contributed by atoms with Gasteiger partial charge in [0.15, 0.2) is 0 Å². The van der Waals surface area contributed by atoms with Crippen LogP contribution < -0.4 is 48.9 Å². The van der Waals surface area contributed by atoms with Gasteiger partial charge in [-0.25, -0.2) is 0 Å². The zero-order valence-corrected chi connectivity index (χ0v) is 59.0. The Morgan fingerprint density at radius 2 is 0.538 bits per heavy atom. The van der Waals surface area contributed by atoms with Gasteiger partial charge in [0.2, 0.25) is 0 Å². The van der Waals surface area contributed by atoms with Gasteiger partial charge in [0.05, 0.1) is 0 Å². The summed E-state index contributed by atoms with van der Waals surface area (Å²) >= 11 is -5.26. The second-order valence-corrected chi connectivity index (χ2v) is 34.5. The van der Waals surface area contributed by atoms with Crippen LogP contribution in [0.1, 0.15) is 232 Å². The van der Waals surface area contributed by atoms with Crippen molar-refractivity contribution in [3.63, 3.8) is 0 Å². The fraction of sp³-hybridized carbons (Fsp3) is 0.556. The molecule has 16 nitrogen and oxygen atoms in total. The summed E-state index contributed by atoms with van der Waals surface area (Å²) in [6.07, 6.45) is 27.0. The summed E-state index contributed by atoms with van der Waals surface area (Å²) in [5, 5.41) is 2.69. The van der Waals surface area contributed by atoms with Crippen LogP contribution in [-0.2, 0) is 0 Å². The van der Waals surface area contributed by atoms with E-state index < -0.39 is 11.9 Å². The molecule has 6 bridgehead atoms. The zero-order valence-electron chi connectivity index (χ0n) is 55.3. The van der Waals surface area contributed by atoms with Gasteiger partial charge in [0.25, 0.3) is 0 Å². The summed E-state index contributed by atoms with van der Waals surface area (Å²) in [4.78, 5) is 33.4. The molecule has 6 aromatic rings. The summed E-state index contributed by atoms with van der Waals surface area (Å²) in [6, 6.07) is 15.9. The molecule has 490 valence electrons. The van der Waals surface area contributed by atoms with Crippen LogP contribution in [0, 0.1) is 0 Å². The Balaban J connectivity index is 1.26. The van der Waals surface area contributed by atoms with E-state index in [1.807, 2.05) is 83.3 Å². The maximum atomic E-state index is 8.61. The van der Waals surface area contributed by atoms with Gasteiger partial charge < -0.3 is 0 Å². The number of fused-ring (bicyclic) bond motifs is 14. The quantitative estimate of drug-likeness (QED) is 0.0272. The number of halogens is 2. The van der Waals surface area contributed by atoms with Crippen molar-refractivity contribution in [2.24, 2.45) is 30.0 Å². The van der Waals surface area contributed by atoms with Crippen LogP contribution in [0.3, 0.4) is 0 Å². The number of rotatable bonds is 40. The number of benzene rings is 4. The predicted octanol–water partition coefficient (Wildman–Crippen LogP) is 18.4. The van der Waals surface area contributed by atoms with Crippen LogP contribution >= 0.6 is 20.0 Å². The molecule has 0 aliphatic carbocycles. The molecule has 6 heterocycles. The third-order valence-electron chi connectivity index (χ3n) is 17.1. The van der Waals surface area contributed by atoms with Crippen LogP contribution in [0.2, 0.25) is 0 Å². The van der Waals surface area contributed by atoms with Crippen LogP contribution in [-0.4, -0.2) is 95.1 Å². The average Bonchev–Trinajstić information content (AvgIpc) is 1.54. The molecule has 4 aromatic carbocycles. The molecule has 0 fully saturated rings. The first kappa shape index (κ1) is 67.6. The summed E-state index contributed by atoms with van der Waals surface area (Å²) in [6.45, 7) is 20.5. The summed E-state index contributed by atoms with van der Waals surface area (Å²) in [5.74, 6) is 6.99. The Kier molecular flexibility index (Phi) is 24.6. The van der Waals surface area contributed by atoms with E-state index >= 15 is 0 Å². The van der Waals surface area contributed by atoms with Gasteiger partial charge in [-0.2, -0.15) is 0 Å². The first-order valence-electron chi connectivity index (χ1n) is 34.6. The minimum absolute atomic E-state index is 0.382. The van der Waals surface area contributed by atoms with Crippen molar-refractivity contribution in [3.8, 4) is 46.0 Å². The van der Waals surface area contributed by atoms with Gasteiger partial charge >= 0.3 is 474 Å². The molecule has 0 unspecified atom stereocenters. The fourth-order valence-electron chi connectivity index (χ4n) is 12.4. The van der Waals surface area contributed by atoms with Crippen molar-refractivity contribution >= 4 is 88.4 Å². The molecule has 2 aromatic heterocycles. The molecule has 91 heavy (non-hydrogen) atoms. The number of hydrogen-bond acceptors (Lipinski definition) is 14. The van der Waals surface area contributed by atoms with Crippen LogP contribution in [0.5, 0.6) is 46.0 Å². The Hall–Kier alpha value is -6.24. The number of ether oxygens (including phenoxy) is 8. The average molecular weight is 1350 g/mol. The van der Waals surface area contributed by atoms with Crippen molar-refractivity contribution in [3.05, 3.63) is 81.8 Å². The van der Waals surface area contributed by atoms with Gasteiger partial charge in [-0.1, -0.05) is 79.1 Å². The van der Waals surface area contributed by atoms with Gasteiger partial charge in [0.1, 0.15) is 0 Å². The second-order valence-electron chi connectivity index (χ2n) is 24.0. The third-order valence-corrected chi connectivity index (χ3v) is 24.7. The number of amidine groups is 4. The van der Waals surface area contributed by atoms with E-state index in [9.17, 15) is 0 Å². The molecule has 0 spiro atoms. The molecule has 0 amide bonds. The van der Waals surface area contributed by atoms with Gasteiger partial charge in [-0.3, -0.25) is 0 Å². The van der Waals surface area contributed by atoms with Crippen molar-refractivity contribution in [2.75, 3.05) is 52.9 Å². The number of hydrogen-bond donors (Lipinski definition) is 0. The Morgan fingerprint density at radius 3 is 0.846 bits per heavy atom. The zero-order chi connectivity index (χ0) is 63.7. The number of nitrogens with zero attached hydrogens (tertiary/aromatic N) is 8. The summed E-state index contributed by atoms with van der Waals surface area (Å²) in [5.41, 5.74) is 3.65. The third kappa shape index (κ3) is 15.6. The standard InChI is InChI=1S/C72H96Cl2GeN8O8/c1-9-17-21-25-29-33-37-88-61-43-51-49(41-57(61)84-13-5)65-76-67(51)80-70-54-46-60(87-16-8)64(91-40-36-32-28-24-20-12-4)48-56(54)72-81-68-52-44-62(89-38-34-30-26-22-18-10-2)58(85-14-6)42-50(52)66(77-68)79-71-55-47-63(90-39-35-31-27-23-19-11-3)59(86-15-7)45-53(55)69(78-65)82(71)75(73,74)83(70)72/h41-48H,9-40H2,1-8H3. The minimum atomic E-state index is -5.26. The van der Waals surface area contributed by atoms with Crippen LogP contribution in [0.4, 0.5) is 11.6 Å². The molecule has 0 radical (unpaired) electrons. The van der Waals surface area contributed by atoms with E-state index in [2.05, 4.69) is 27.7 Å². The first-order valence-corrected chi connectivity index (χ1v) is 42.0. The summed E-state index contributed by atoms with van der Waals surface area (Å²) in [7, 11) is 17.2. The Labute approximate surface area is 550 Å². The maximum absolute atomic E-state index is 8.61. The van der Waals surface area contributed by atoms with E-state index in [1.165, 1.54) is 77.0 Å².